The van der Waals surface area contributed by atoms with E-state index in [0.29, 0.717) is 36.0 Å². The summed E-state index contributed by atoms with van der Waals surface area (Å²) in [7, 11) is 0. The summed E-state index contributed by atoms with van der Waals surface area (Å²) in [5.74, 6) is 2.46. The highest BCUT2D eigenvalue weighted by Gasteiger charge is 2.21. The van der Waals surface area contributed by atoms with E-state index < -0.39 is 0 Å². The molecular weight excluding hydrogens is 368 g/mol. The Labute approximate surface area is 171 Å². The van der Waals surface area contributed by atoms with Gasteiger partial charge in [-0.2, -0.15) is 0 Å². The van der Waals surface area contributed by atoms with E-state index >= 15 is 0 Å². The van der Waals surface area contributed by atoms with Crippen molar-refractivity contribution in [2.24, 2.45) is 5.73 Å². The fourth-order valence-corrected chi connectivity index (χ4v) is 3.31. The molecule has 8 nitrogen and oxygen atoms in total. The van der Waals surface area contributed by atoms with Crippen molar-refractivity contribution in [2.45, 2.75) is 45.7 Å². The van der Waals surface area contributed by atoms with Crippen LogP contribution in [0, 0.1) is 5.41 Å². The molecule has 1 aromatic carbocycles. The summed E-state index contributed by atoms with van der Waals surface area (Å²) in [5.41, 5.74) is 14.3. The van der Waals surface area contributed by atoms with Crippen molar-refractivity contribution in [1.29, 1.82) is 5.41 Å². The van der Waals surface area contributed by atoms with Gasteiger partial charge in [-0.3, -0.25) is 5.41 Å². The molecule has 8 heteroatoms. The summed E-state index contributed by atoms with van der Waals surface area (Å²) in [6, 6.07) is 3.86. The Morgan fingerprint density at radius 3 is 2.66 bits per heavy atom. The summed E-state index contributed by atoms with van der Waals surface area (Å²) in [4.78, 5) is 4.56. The van der Waals surface area contributed by atoms with Gasteiger partial charge in [-0.15, -0.1) is 0 Å². The number of ether oxygens (including phenoxy) is 2. The summed E-state index contributed by atoms with van der Waals surface area (Å²) in [5, 5.41) is 11.3. The number of aromatic nitrogens is 2. The number of imidazole rings is 1. The van der Waals surface area contributed by atoms with Gasteiger partial charge in [-0.1, -0.05) is 12.7 Å². The highest BCUT2D eigenvalue weighted by molar-refractivity contribution is 5.97. The van der Waals surface area contributed by atoms with Gasteiger partial charge in [0.25, 0.3) is 0 Å². The van der Waals surface area contributed by atoms with E-state index in [1.54, 1.807) is 6.08 Å². The van der Waals surface area contributed by atoms with E-state index in [9.17, 15) is 0 Å². The van der Waals surface area contributed by atoms with E-state index in [1.165, 1.54) is 0 Å². The number of nitrogens with zero attached hydrogens (tertiary/aromatic N) is 2. The topological polar surface area (TPSA) is 124 Å². The molecule has 0 spiro atoms. The van der Waals surface area contributed by atoms with Gasteiger partial charge in [-0.25, -0.2) is 4.98 Å². The molecule has 3 rings (SSSR count). The number of hydrogen-bond donors (Lipinski definition) is 4. The molecular formula is C21H30N6O2. The fourth-order valence-electron chi connectivity index (χ4n) is 3.31. The number of nitrogens with two attached hydrogens (primary N) is 2. The lowest BCUT2D eigenvalue weighted by molar-refractivity contribution is 0.174. The number of anilines is 1. The first kappa shape index (κ1) is 20.7. The Balaban J connectivity index is 1.87. The van der Waals surface area contributed by atoms with E-state index in [1.807, 2.05) is 16.7 Å². The standard InChI is InChI=1S/C21H30N6O2/c1-5-13-9-15-16(29-12-28-15)10-14(13)11-17-26-18(19(22)23)20(24)27(17)8-6-7-25-21(2,3)4/h5,9-10,25H,1,6-8,11-12,24H2,2-4H3,(H3,22,23). The van der Waals surface area contributed by atoms with Crippen LogP contribution < -0.4 is 26.3 Å². The van der Waals surface area contributed by atoms with Crippen molar-refractivity contribution in [1.82, 2.24) is 14.9 Å². The van der Waals surface area contributed by atoms with Gasteiger partial charge in [0.15, 0.2) is 11.5 Å². The summed E-state index contributed by atoms with van der Waals surface area (Å²) < 4.78 is 12.9. The molecule has 0 radical (unpaired) electrons. The predicted molar refractivity (Wildman–Crippen MR) is 115 cm³/mol. The third-order valence-electron chi connectivity index (χ3n) is 4.76. The lowest BCUT2D eigenvalue weighted by atomic mass is 10.0. The van der Waals surface area contributed by atoms with Crippen molar-refractivity contribution in [3.05, 3.63) is 41.4 Å². The van der Waals surface area contributed by atoms with Crippen LogP contribution in [0.3, 0.4) is 0 Å². The molecule has 0 fully saturated rings. The van der Waals surface area contributed by atoms with E-state index in [4.69, 9.17) is 26.4 Å². The molecule has 1 aromatic heterocycles. The van der Waals surface area contributed by atoms with Gasteiger partial charge >= 0.3 is 0 Å². The fraction of sp³-hybridized carbons (Fsp3) is 0.429. The van der Waals surface area contributed by atoms with Crippen molar-refractivity contribution in [2.75, 3.05) is 19.1 Å². The maximum Gasteiger partial charge on any atom is 0.231 e. The number of fused-ring (bicyclic) bond motifs is 1. The Hall–Kier alpha value is -3.00. The first-order chi connectivity index (χ1) is 13.7. The minimum absolute atomic E-state index is 0.0548. The zero-order valence-electron chi connectivity index (χ0n) is 17.3. The zero-order valence-corrected chi connectivity index (χ0v) is 17.3. The monoisotopic (exact) mass is 398 g/mol. The third-order valence-corrected chi connectivity index (χ3v) is 4.76. The van der Waals surface area contributed by atoms with Crippen molar-refractivity contribution < 1.29 is 9.47 Å². The van der Waals surface area contributed by atoms with Gasteiger partial charge in [-0.05, 0) is 57.0 Å². The molecule has 0 unspecified atom stereocenters. The Bertz CT molecular complexity index is 926. The van der Waals surface area contributed by atoms with Gasteiger partial charge in [0.1, 0.15) is 23.2 Å². The maximum atomic E-state index is 7.80. The van der Waals surface area contributed by atoms with Crippen LogP contribution in [0.5, 0.6) is 11.5 Å². The minimum atomic E-state index is -0.134. The van der Waals surface area contributed by atoms with E-state index in [0.717, 1.165) is 29.9 Å². The third kappa shape index (κ3) is 4.71. The number of amidine groups is 1. The molecule has 0 atom stereocenters. The Morgan fingerprint density at radius 2 is 2.03 bits per heavy atom. The molecule has 29 heavy (non-hydrogen) atoms. The lowest BCUT2D eigenvalue weighted by Crippen LogP contribution is -2.36. The van der Waals surface area contributed by atoms with Crippen molar-refractivity contribution in [3.63, 3.8) is 0 Å². The van der Waals surface area contributed by atoms with Crippen molar-refractivity contribution >= 4 is 17.7 Å². The smallest absolute Gasteiger partial charge is 0.231 e. The highest BCUT2D eigenvalue weighted by atomic mass is 16.7. The molecule has 2 aromatic rings. The van der Waals surface area contributed by atoms with Crippen LogP contribution in [0.1, 0.15) is 49.8 Å². The Kier molecular flexibility index (Phi) is 5.83. The molecule has 1 aliphatic rings. The molecule has 1 aliphatic heterocycles. The van der Waals surface area contributed by atoms with Gasteiger partial charge in [0, 0.05) is 18.5 Å². The molecule has 0 amide bonds. The second kappa shape index (κ2) is 8.16. The average molecular weight is 399 g/mol. The zero-order chi connectivity index (χ0) is 21.2. The molecule has 2 heterocycles. The second-order valence-electron chi connectivity index (χ2n) is 8.14. The number of hydrogen-bond acceptors (Lipinski definition) is 6. The minimum Gasteiger partial charge on any atom is -0.454 e. The van der Waals surface area contributed by atoms with Crippen LogP contribution in [0.15, 0.2) is 18.7 Å². The summed E-state index contributed by atoms with van der Waals surface area (Å²) in [6.45, 7) is 12.0. The van der Waals surface area contributed by atoms with E-state index in [-0.39, 0.29) is 18.2 Å². The number of nitrogens with one attached hydrogen (secondary N) is 2. The Morgan fingerprint density at radius 1 is 1.34 bits per heavy atom. The molecule has 0 saturated heterocycles. The van der Waals surface area contributed by atoms with Crippen LogP contribution in [-0.2, 0) is 13.0 Å². The molecule has 0 aliphatic carbocycles. The van der Waals surface area contributed by atoms with Crippen molar-refractivity contribution in [3.8, 4) is 11.5 Å². The maximum absolute atomic E-state index is 7.80. The second-order valence-corrected chi connectivity index (χ2v) is 8.14. The molecule has 0 saturated carbocycles. The molecule has 156 valence electrons. The van der Waals surface area contributed by atoms with Gasteiger partial charge in [0.2, 0.25) is 6.79 Å². The number of nitrogen functional groups attached to an aromatic ring is 2. The number of rotatable bonds is 8. The van der Waals surface area contributed by atoms with Gasteiger partial charge < -0.3 is 30.8 Å². The first-order valence-electron chi connectivity index (χ1n) is 9.69. The van der Waals surface area contributed by atoms with Crippen LogP contribution in [-0.4, -0.2) is 34.3 Å². The summed E-state index contributed by atoms with van der Waals surface area (Å²) in [6.07, 6.45) is 3.17. The normalized spacial score (nSPS) is 12.9. The van der Waals surface area contributed by atoms with Crippen LogP contribution in [0.2, 0.25) is 0 Å². The van der Waals surface area contributed by atoms with Crippen LogP contribution in [0.25, 0.3) is 6.08 Å². The largest absolute Gasteiger partial charge is 0.454 e. The lowest BCUT2D eigenvalue weighted by Gasteiger charge is -2.20. The SMILES string of the molecule is C=Cc1cc2c(cc1Cc1nc(C(=N)N)c(N)n1CCCNC(C)(C)C)OCO2. The quantitative estimate of drug-likeness (QED) is 0.308. The average Bonchev–Trinajstić information content (AvgIpc) is 3.21. The van der Waals surface area contributed by atoms with E-state index in [2.05, 4.69) is 37.7 Å². The van der Waals surface area contributed by atoms with Gasteiger partial charge in [0.05, 0.1) is 0 Å². The predicted octanol–water partition coefficient (Wildman–Crippen LogP) is 2.49. The van der Waals surface area contributed by atoms with Crippen LogP contribution >= 0.6 is 0 Å². The number of benzene rings is 1. The first-order valence-corrected chi connectivity index (χ1v) is 9.69. The molecule has 0 bridgehead atoms. The molecule has 6 N–H and O–H groups in total. The summed E-state index contributed by atoms with van der Waals surface area (Å²) >= 11 is 0. The highest BCUT2D eigenvalue weighted by Crippen LogP contribution is 2.36. The van der Waals surface area contributed by atoms with Crippen LogP contribution in [0.4, 0.5) is 5.82 Å².